The molecule has 0 saturated carbocycles. The highest BCUT2D eigenvalue weighted by Gasteiger charge is 2.43. The lowest BCUT2D eigenvalue weighted by Crippen LogP contribution is -2.46. The van der Waals surface area contributed by atoms with E-state index in [0.717, 1.165) is 66.5 Å². The van der Waals surface area contributed by atoms with Gasteiger partial charge in [-0.05, 0) is 85.6 Å². The molecule has 3 atom stereocenters. The van der Waals surface area contributed by atoms with E-state index in [-0.39, 0.29) is 17.8 Å². The van der Waals surface area contributed by atoms with E-state index in [1.54, 1.807) is 40.1 Å². The maximum absolute atomic E-state index is 12.8. The summed E-state index contributed by atoms with van der Waals surface area (Å²) >= 11 is 0. The second kappa shape index (κ2) is 14.5. The molecule has 3 aromatic carbocycles. The van der Waals surface area contributed by atoms with Gasteiger partial charge >= 0.3 is 5.69 Å². The number of hydrogen-bond acceptors (Lipinski definition) is 10. The normalized spacial score (nSPS) is 19.7. The van der Waals surface area contributed by atoms with Gasteiger partial charge in [-0.25, -0.2) is 14.0 Å². The van der Waals surface area contributed by atoms with Crippen molar-refractivity contribution in [1.29, 1.82) is 5.26 Å². The molecule has 2 aliphatic rings. The molecule has 256 valence electrons. The van der Waals surface area contributed by atoms with E-state index in [1.807, 2.05) is 56.3 Å². The average Bonchev–Trinajstić information content (AvgIpc) is 3.78. The lowest BCUT2D eigenvalue weighted by atomic mass is 9.97. The molecule has 50 heavy (non-hydrogen) atoms. The zero-order valence-electron chi connectivity index (χ0n) is 28.3. The minimum atomic E-state index is -1.02. The molecule has 0 aliphatic carbocycles. The van der Waals surface area contributed by atoms with Crippen LogP contribution in [-0.2, 0) is 21.7 Å². The van der Waals surface area contributed by atoms with Crippen LogP contribution in [0.3, 0.4) is 0 Å². The number of aromatic nitrogens is 5. The van der Waals surface area contributed by atoms with Crippen molar-refractivity contribution in [2.75, 3.05) is 49.2 Å². The van der Waals surface area contributed by atoms with Gasteiger partial charge in [-0.1, -0.05) is 19.1 Å². The Morgan fingerprint density at radius 3 is 2.20 bits per heavy atom. The fourth-order valence-electron chi connectivity index (χ4n) is 6.44. The van der Waals surface area contributed by atoms with E-state index in [9.17, 15) is 10.1 Å². The standard InChI is InChI=1S/C38H40N8O4/c1-3-28(2)46-37(47)45(27-42-46)34-10-8-32(9-11-34)43-18-20-44(21-19-43)33-12-14-35(15-13-33)48-25-36-26-49-38(50-36,22-30-16-17-40-41-24-30)31-6-4-29(23-39)5-7-31/h4-17,24,27-28,36H,3,18-22,25-26H2,1-2H3/t28?,36-,38-/m1/s1. The van der Waals surface area contributed by atoms with E-state index < -0.39 is 5.79 Å². The molecule has 2 aliphatic heterocycles. The van der Waals surface area contributed by atoms with Crippen LogP contribution in [0.15, 0.2) is 102 Å². The molecule has 12 heteroatoms. The monoisotopic (exact) mass is 672 g/mol. The van der Waals surface area contributed by atoms with Gasteiger partial charge in [0.1, 0.15) is 24.8 Å². The Morgan fingerprint density at radius 1 is 0.920 bits per heavy atom. The van der Waals surface area contributed by atoms with Gasteiger partial charge in [0.05, 0.1) is 36.2 Å². The Bertz CT molecular complexity index is 1970. The molecule has 5 aromatic rings. The SMILES string of the molecule is CCC(C)n1ncn(-c2ccc(N3CCN(c4ccc(OC[C@@H]5CO[C@@](Cc6ccnnc6)(c6ccc(C#N)cc6)O5)cc4)CC3)cc2)c1=O. The van der Waals surface area contributed by atoms with Gasteiger partial charge in [-0.3, -0.25) is 0 Å². The molecule has 2 saturated heterocycles. The Hall–Kier alpha value is -5.51. The molecule has 0 radical (unpaired) electrons. The van der Waals surface area contributed by atoms with Crippen LogP contribution >= 0.6 is 0 Å². The lowest BCUT2D eigenvalue weighted by Gasteiger charge is -2.37. The Balaban J connectivity index is 0.924. The molecule has 0 N–H and O–H groups in total. The minimum absolute atomic E-state index is 0.0646. The first kappa shape index (κ1) is 33.0. The first-order valence-corrected chi connectivity index (χ1v) is 17.0. The summed E-state index contributed by atoms with van der Waals surface area (Å²) in [6, 6.07) is 27.7. The summed E-state index contributed by atoms with van der Waals surface area (Å²) in [6.07, 6.45) is 5.97. The second-order valence-electron chi connectivity index (χ2n) is 12.7. The van der Waals surface area contributed by atoms with Crippen molar-refractivity contribution in [3.05, 3.63) is 125 Å². The molecular weight excluding hydrogens is 632 g/mol. The maximum Gasteiger partial charge on any atom is 0.350 e. The van der Waals surface area contributed by atoms with Gasteiger partial charge in [0.2, 0.25) is 0 Å². The van der Waals surface area contributed by atoms with E-state index in [0.29, 0.717) is 25.2 Å². The summed E-state index contributed by atoms with van der Waals surface area (Å²) in [5, 5.41) is 21.5. The summed E-state index contributed by atoms with van der Waals surface area (Å²) < 4.78 is 22.2. The molecule has 4 heterocycles. The third-order valence-electron chi connectivity index (χ3n) is 9.51. The van der Waals surface area contributed by atoms with E-state index in [1.165, 1.54) is 0 Å². The van der Waals surface area contributed by atoms with Gasteiger partial charge in [-0.15, -0.1) is 0 Å². The number of rotatable bonds is 11. The summed E-state index contributed by atoms with van der Waals surface area (Å²) in [4.78, 5) is 17.6. The molecule has 0 amide bonds. The number of hydrogen-bond donors (Lipinski definition) is 0. The third kappa shape index (κ3) is 6.96. The molecule has 0 spiro atoms. The second-order valence-corrected chi connectivity index (χ2v) is 12.7. The molecule has 0 bridgehead atoms. The van der Waals surface area contributed by atoms with E-state index >= 15 is 0 Å². The number of anilines is 2. The lowest BCUT2D eigenvalue weighted by molar-refractivity contribution is -0.178. The van der Waals surface area contributed by atoms with Gasteiger partial charge in [-0.2, -0.15) is 20.6 Å². The van der Waals surface area contributed by atoms with Crippen molar-refractivity contribution in [2.24, 2.45) is 0 Å². The van der Waals surface area contributed by atoms with Gasteiger partial charge in [0.15, 0.2) is 5.79 Å². The zero-order chi connectivity index (χ0) is 34.5. The van der Waals surface area contributed by atoms with E-state index in [4.69, 9.17) is 14.2 Å². The van der Waals surface area contributed by atoms with Crippen LogP contribution in [0.4, 0.5) is 11.4 Å². The van der Waals surface area contributed by atoms with Crippen LogP contribution in [0.5, 0.6) is 5.75 Å². The van der Waals surface area contributed by atoms with Crippen molar-refractivity contribution in [3.8, 4) is 17.5 Å². The predicted molar refractivity (Wildman–Crippen MR) is 189 cm³/mol. The maximum atomic E-state index is 12.8. The Labute approximate surface area is 291 Å². The van der Waals surface area contributed by atoms with Crippen LogP contribution in [-0.4, -0.2) is 70.0 Å². The zero-order valence-corrected chi connectivity index (χ0v) is 28.3. The highest BCUT2D eigenvalue weighted by atomic mass is 16.8. The van der Waals surface area contributed by atoms with Gasteiger partial charge in [0, 0.05) is 55.7 Å². The largest absolute Gasteiger partial charge is 0.491 e. The van der Waals surface area contributed by atoms with Crippen molar-refractivity contribution < 1.29 is 14.2 Å². The molecule has 1 unspecified atom stereocenters. The summed E-state index contributed by atoms with van der Waals surface area (Å²) in [7, 11) is 0. The average molecular weight is 673 g/mol. The van der Waals surface area contributed by atoms with Crippen LogP contribution in [0, 0.1) is 11.3 Å². The van der Waals surface area contributed by atoms with Crippen molar-refractivity contribution in [1.82, 2.24) is 24.5 Å². The van der Waals surface area contributed by atoms with Crippen LogP contribution in [0.25, 0.3) is 5.69 Å². The topological polar surface area (TPSA) is 124 Å². The molecule has 12 nitrogen and oxygen atoms in total. The molecule has 2 fully saturated rings. The Kier molecular flexibility index (Phi) is 9.60. The smallest absolute Gasteiger partial charge is 0.350 e. The number of ether oxygens (including phenoxy) is 3. The van der Waals surface area contributed by atoms with Crippen molar-refractivity contribution in [3.63, 3.8) is 0 Å². The Morgan fingerprint density at radius 2 is 1.58 bits per heavy atom. The highest BCUT2D eigenvalue weighted by Crippen LogP contribution is 2.38. The van der Waals surface area contributed by atoms with Crippen LogP contribution < -0.4 is 20.2 Å². The summed E-state index contributed by atoms with van der Waals surface area (Å²) in [6.45, 7) is 8.30. The summed E-state index contributed by atoms with van der Waals surface area (Å²) in [5.74, 6) is -0.255. The first-order valence-electron chi connectivity index (χ1n) is 17.0. The van der Waals surface area contributed by atoms with Gasteiger partial charge in [0.25, 0.3) is 0 Å². The quantitative estimate of drug-likeness (QED) is 0.192. The van der Waals surface area contributed by atoms with Gasteiger partial charge < -0.3 is 24.0 Å². The number of nitriles is 1. The fraction of sp³-hybridized carbons (Fsp3) is 0.342. The molecule has 7 rings (SSSR count). The molecule has 2 aromatic heterocycles. The van der Waals surface area contributed by atoms with E-state index in [2.05, 4.69) is 55.4 Å². The predicted octanol–water partition coefficient (Wildman–Crippen LogP) is 4.88. The number of benzene rings is 3. The highest BCUT2D eigenvalue weighted by molar-refractivity contribution is 5.54. The van der Waals surface area contributed by atoms with Crippen LogP contribution in [0.2, 0.25) is 0 Å². The number of nitrogens with zero attached hydrogens (tertiary/aromatic N) is 8. The first-order chi connectivity index (χ1) is 24.4. The minimum Gasteiger partial charge on any atom is -0.491 e. The van der Waals surface area contributed by atoms with Crippen LogP contribution in [0.1, 0.15) is 43.0 Å². The van der Waals surface area contributed by atoms with Crippen molar-refractivity contribution >= 4 is 11.4 Å². The molecular formula is C38H40N8O4. The summed E-state index contributed by atoms with van der Waals surface area (Å²) in [5.41, 5.74) is 5.32. The number of piperazine rings is 1. The van der Waals surface area contributed by atoms with Crippen molar-refractivity contribution in [2.45, 2.75) is 44.6 Å². The fourth-order valence-corrected chi connectivity index (χ4v) is 6.44. The third-order valence-corrected chi connectivity index (χ3v) is 9.51.